The fourth-order valence-corrected chi connectivity index (χ4v) is 3.64. The predicted molar refractivity (Wildman–Crippen MR) is 93.8 cm³/mol. The van der Waals surface area contributed by atoms with Crippen molar-refractivity contribution in [3.63, 3.8) is 0 Å². The second-order valence-corrected chi connectivity index (χ2v) is 8.53. The normalized spacial score (nSPS) is 12.7. The number of aryl methyl sites for hydroxylation is 1. The van der Waals surface area contributed by atoms with Crippen LogP contribution in [0, 0.1) is 6.92 Å². The summed E-state index contributed by atoms with van der Waals surface area (Å²) in [6.07, 6.45) is 1.61. The summed E-state index contributed by atoms with van der Waals surface area (Å²) in [5, 5.41) is 1.37. The summed E-state index contributed by atoms with van der Waals surface area (Å²) in [6.45, 7) is 3.26. The standard InChI is InChI=1S/C16H17BrN2O3S/c1-11-6-7-15(18-9-11)19-16(20)12(2)23(21,22)10-13-4-3-5-14(17)8-13/h3-9,12H,10H2,1-2H3,(H,18,19,20)/t12-/m1/s1. The van der Waals surface area contributed by atoms with Crippen molar-refractivity contribution in [1.82, 2.24) is 4.98 Å². The highest BCUT2D eigenvalue weighted by molar-refractivity contribution is 9.10. The number of nitrogens with zero attached hydrogens (tertiary/aromatic N) is 1. The number of anilines is 1. The number of halogens is 1. The number of sulfone groups is 1. The minimum atomic E-state index is -3.62. The second-order valence-electron chi connectivity index (χ2n) is 5.29. The van der Waals surface area contributed by atoms with Gasteiger partial charge in [-0.05, 0) is 43.2 Å². The zero-order valence-electron chi connectivity index (χ0n) is 12.8. The van der Waals surface area contributed by atoms with Gasteiger partial charge in [0.05, 0.1) is 5.75 Å². The molecule has 0 aliphatic carbocycles. The number of amides is 1. The van der Waals surface area contributed by atoms with Gasteiger partial charge in [0, 0.05) is 10.7 Å². The monoisotopic (exact) mass is 396 g/mol. The minimum Gasteiger partial charge on any atom is -0.310 e. The van der Waals surface area contributed by atoms with Gasteiger partial charge in [-0.3, -0.25) is 4.79 Å². The molecule has 0 aliphatic rings. The van der Waals surface area contributed by atoms with Crippen molar-refractivity contribution in [2.75, 3.05) is 5.32 Å². The van der Waals surface area contributed by atoms with Crippen molar-refractivity contribution in [1.29, 1.82) is 0 Å². The first-order valence-corrected chi connectivity index (χ1v) is 9.48. The molecule has 2 rings (SSSR count). The molecule has 0 aliphatic heterocycles. The highest BCUT2D eigenvalue weighted by Crippen LogP contribution is 2.17. The van der Waals surface area contributed by atoms with Gasteiger partial charge in [0.2, 0.25) is 5.91 Å². The van der Waals surface area contributed by atoms with E-state index in [9.17, 15) is 13.2 Å². The van der Waals surface area contributed by atoms with E-state index in [-0.39, 0.29) is 5.75 Å². The van der Waals surface area contributed by atoms with Gasteiger partial charge in [-0.25, -0.2) is 13.4 Å². The molecule has 0 bridgehead atoms. The zero-order valence-corrected chi connectivity index (χ0v) is 15.2. The Morgan fingerprint density at radius 3 is 2.65 bits per heavy atom. The number of pyridine rings is 1. The molecule has 7 heteroatoms. The number of rotatable bonds is 5. The van der Waals surface area contributed by atoms with Gasteiger partial charge in [0.1, 0.15) is 11.1 Å². The third kappa shape index (κ3) is 4.87. The maximum Gasteiger partial charge on any atom is 0.243 e. The van der Waals surface area contributed by atoms with E-state index in [2.05, 4.69) is 26.2 Å². The lowest BCUT2D eigenvalue weighted by Crippen LogP contribution is -2.33. The van der Waals surface area contributed by atoms with Crippen LogP contribution in [-0.2, 0) is 20.4 Å². The van der Waals surface area contributed by atoms with Crippen LogP contribution in [0.5, 0.6) is 0 Å². The van der Waals surface area contributed by atoms with Crippen LogP contribution in [0.2, 0.25) is 0 Å². The van der Waals surface area contributed by atoms with Crippen LogP contribution in [0.1, 0.15) is 18.1 Å². The minimum absolute atomic E-state index is 0.192. The zero-order chi connectivity index (χ0) is 17.0. The van der Waals surface area contributed by atoms with Gasteiger partial charge in [-0.1, -0.05) is 34.1 Å². The van der Waals surface area contributed by atoms with E-state index in [4.69, 9.17) is 0 Å². The summed E-state index contributed by atoms with van der Waals surface area (Å²) < 4.78 is 25.6. The van der Waals surface area contributed by atoms with E-state index in [1.165, 1.54) is 6.92 Å². The summed E-state index contributed by atoms with van der Waals surface area (Å²) in [4.78, 5) is 16.2. The maximum atomic E-state index is 12.4. The third-order valence-electron chi connectivity index (χ3n) is 3.33. The van der Waals surface area contributed by atoms with Crippen LogP contribution in [0.25, 0.3) is 0 Å². The second kappa shape index (κ2) is 7.23. The summed E-state index contributed by atoms with van der Waals surface area (Å²) in [6, 6.07) is 10.5. The number of benzene rings is 1. The molecule has 0 saturated carbocycles. The SMILES string of the molecule is Cc1ccc(NC(=O)[C@@H](C)S(=O)(=O)Cc2cccc(Br)c2)nc1. The molecule has 1 atom stereocenters. The van der Waals surface area contributed by atoms with E-state index in [1.807, 2.05) is 13.0 Å². The fraction of sp³-hybridized carbons (Fsp3) is 0.250. The number of aromatic nitrogens is 1. The molecular formula is C16H17BrN2O3S. The van der Waals surface area contributed by atoms with Crippen molar-refractivity contribution in [3.8, 4) is 0 Å². The summed E-state index contributed by atoms with van der Waals surface area (Å²) in [5.74, 6) is -0.441. The summed E-state index contributed by atoms with van der Waals surface area (Å²) in [5.41, 5.74) is 1.59. The Morgan fingerprint density at radius 1 is 1.30 bits per heavy atom. The fourth-order valence-electron chi connectivity index (χ4n) is 1.92. The molecule has 23 heavy (non-hydrogen) atoms. The molecule has 1 heterocycles. The van der Waals surface area contributed by atoms with Crippen molar-refractivity contribution in [2.24, 2.45) is 0 Å². The highest BCUT2D eigenvalue weighted by atomic mass is 79.9. The first kappa shape index (κ1) is 17.6. The van der Waals surface area contributed by atoms with E-state index >= 15 is 0 Å². The van der Waals surface area contributed by atoms with Gasteiger partial charge < -0.3 is 5.32 Å². The molecule has 1 N–H and O–H groups in total. The van der Waals surface area contributed by atoms with Crippen LogP contribution in [0.3, 0.4) is 0 Å². The van der Waals surface area contributed by atoms with Crippen LogP contribution in [0.4, 0.5) is 5.82 Å². The van der Waals surface area contributed by atoms with Crippen molar-refractivity contribution in [2.45, 2.75) is 24.9 Å². The number of hydrogen-bond donors (Lipinski definition) is 1. The molecule has 2 aromatic rings. The summed E-state index contributed by atoms with van der Waals surface area (Å²) >= 11 is 3.30. The molecule has 0 spiro atoms. The van der Waals surface area contributed by atoms with Crippen LogP contribution >= 0.6 is 15.9 Å². The summed E-state index contributed by atoms with van der Waals surface area (Å²) in [7, 11) is -3.62. The topological polar surface area (TPSA) is 76.1 Å². The molecule has 0 radical (unpaired) electrons. The third-order valence-corrected chi connectivity index (χ3v) is 5.85. The van der Waals surface area contributed by atoms with Gasteiger partial charge >= 0.3 is 0 Å². The van der Waals surface area contributed by atoms with E-state index in [0.29, 0.717) is 11.4 Å². The van der Waals surface area contributed by atoms with E-state index < -0.39 is 21.0 Å². The molecule has 1 aromatic heterocycles. The molecular weight excluding hydrogens is 380 g/mol. The Bertz CT molecular complexity index is 804. The highest BCUT2D eigenvalue weighted by Gasteiger charge is 2.28. The predicted octanol–water partition coefficient (Wildman–Crippen LogP) is 3.09. The molecule has 1 aromatic carbocycles. The number of hydrogen-bond acceptors (Lipinski definition) is 4. The largest absolute Gasteiger partial charge is 0.310 e. The maximum absolute atomic E-state index is 12.4. The quantitative estimate of drug-likeness (QED) is 0.841. The lowest BCUT2D eigenvalue weighted by atomic mass is 10.2. The van der Waals surface area contributed by atoms with Crippen molar-refractivity contribution < 1.29 is 13.2 Å². The lowest BCUT2D eigenvalue weighted by Gasteiger charge is -2.13. The van der Waals surface area contributed by atoms with Gasteiger partial charge in [-0.2, -0.15) is 0 Å². The Hall–Kier alpha value is -1.73. The van der Waals surface area contributed by atoms with E-state index in [0.717, 1.165) is 10.0 Å². The average Bonchev–Trinajstić information content (AvgIpc) is 2.48. The van der Waals surface area contributed by atoms with Gasteiger partial charge in [0.25, 0.3) is 0 Å². The first-order valence-electron chi connectivity index (χ1n) is 6.97. The molecule has 1 amide bonds. The van der Waals surface area contributed by atoms with Gasteiger partial charge in [-0.15, -0.1) is 0 Å². The first-order chi connectivity index (χ1) is 10.8. The number of carbonyl (C=O) groups is 1. The number of carbonyl (C=O) groups excluding carboxylic acids is 1. The Morgan fingerprint density at radius 2 is 2.04 bits per heavy atom. The molecule has 0 fully saturated rings. The molecule has 0 unspecified atom stereocenters. The number of nitrogens with one attached hydrogen (secondary N) is 1. The van der Waals surface area contributed by atoms with Crippen LogP contribution in [-0.4, -0.2) is 24.6 Å². The van der Waals surface area contributed by atoms with E-state index in [1.54, 1.807) is 36.5 Å². The van der Waals surface area contributed by atoms with Crippen LogP contribution < -0.4 is 5.32 Å². The van der Waals surface area contributed by atoms with Crippen molar-refractivity contribution >= 4 is 37.5 Å². The molecule has 5 nitrogen and oxygen atoms in total. The van der Waals surface area contributed by atoms with Crippen LogP contribution in [0.15, 0.2) is 47.1 Å². The Balaban J connectivity index is 2.09. The molecule has 0 saturated heterocycles. The van der Waals surface area contributed by atoms with Crippen molar-refractivity contribution in [3.05, 3.63) is 58.2 Å². The smallest absolute Gasteiger partial charge is 0.243 e. The average molecular weight is 397 g/mol. The molecule has 122 valence electrons. The Kier molecular flexibility index (Phi) is 5.54. The lowest BCUT2D eigenvalue weighted by molar-refractivity contribution is -0.115. The van der Waals surface area contributed by atoms with Gasteiger partial charge in [0.15, 0.2) is 9.84 Å². The Labute approximate surface area is 144 Å².